The summed E-state index contributed by atoms with van der Waals surface area (Å²) in [7, 11) is 0. The van der Waals surface area contributed by atoms with Crippen molar-refractivity contribution in [2.24, 2.45) is 4.99 Å². The molecule has 3 nitrogen and oxygen atoms in total. The molecule has 3 aromatic carbocycles. The van der Waals surface area contributed by atoms with Crippen LogP contribution in [0.5, 0.6) is 0 Å². The number of hydrogen-bond donors (Lipinski definition) is 2. The van der Waals surface area contributed by atoms with Gasteiger partial charge < -0.3 is 10.6 Å². The molecule has 2 unspecified atom stereocenters. The van der Waals surface area contributed by atoms with Crippen LogP contribution in [0.3, 0.4) is 0 Å². The van der Waals surface area contributed by atoms with Crippen molar-refractivity contribution in [2.75, 3.05) is 0 Å². The minimum absolute atomic E-state index is 0. The summed E-state index contributed by atoms with van der Waals surface area (Å²) in [6.07, 6.45) is 0. The number of halogens is 2. The first-order valence-electron chi connectivity index (χ1n) is 9.54. The molecule has 150 valence electrons. The average Bonchev–Trinajstić information content (AvgIpc) is 3.12. The van der Waals surface area contributed by atoms with Crippen LogP contribution in [0.4, 0.5) is 4.39 Å². The van der Waals surface area contributed by atoms with Gasteiger partial charge in [-0.05, 0) is 42.7 Å². The number of nitrogens with one attached hydrogen (secondary N) is 2. The summed E-state index contributed by atoms with van der Waals surface area (Å²) in [5, 5.41) is 6.84. The molecule has 0 saturated heterocycles. The Bertz CT molecular complexity index is 984. The van der Waals surface area contributed by atoms with Crippen molar-refractivity contribution >= 4 is 18.4 Å². The van der Waals surface area contributed by atoms with E-state index < -0.39 is 0 Å². The topological polar surface area (TPSA) is 36.4 Å². The van der Waals surface area contributed by atoms with Gasteiger partial charge in [-0.25, -0.2) is 9.38 Å². The smallest absolute Gasteiger partial charge is 0.192 e. The van der Waals surface area contributed by atoms with Crippen LogP contribution in [0, 0.1) is 19.7 Å². The molecule has 0 amide bonds. The Morgan fingerprint density at radius 1 is 0.897 bits per heavy atom. The molecule has 0 saturated carbocycles. The molecule has 0 fully saturated rings. The highest BCUT2D eigenvalue weighted by Crippen LogP contribution is 2.36. The third-order valence-electron chi connectivity index (χ3n) is 5.08. The fourth-order valence-electron chi connectivity index (χ4n) is 3.48. The van der Waals surface area contributed by atoms with Crippen LogP contribution in [0.15, 0.2) is 77.8 Å². The first-order chi connectivity index (χ1) is 13.6. The van der Waals surface area contributed by atoms with Gasteiger partial charge in [0.25, 0.3) is 0 Å². The van der Waals surface area contributed by atoms with E-state index in [9.17, 15) is 4.39 Å². The van der Waals surface area contributed by atoms with E-state index in [0.717, 1.165) is 11.5 Å². The Hall–Kier alpha value is -2.85. The summed E-state index contributed by atoms with van der Waals surface area (Å²) in [5.41, 5.74) is 5.72. The maximum atomic E-state index is 13.4. The normalized spacial score (nSPS) is 17.8. The average molecular weight is 410 g/mol. The Balaban J connectivity index is 0.00000240. The van der Waals surface area contributed by atoms with E-state index in [-0.39, 0.29) is 30.3 Å². The van der Waals surface area contributed by atoms with E-state index in [0.29, 0.717) is 6.54 Å². The number of hydrogen-bond acceptors (Lipinski definition) is 3. The second-order valence-corrected chi connectivity index (χ2v) is 7.35. The molecule has 5 heteroatoms. The molecule has 1 heterocycles. The molecular weight excluding hydrogens is 385 g/mol. The van der Waals surface area contributed by atoms with Crippen molar-refractivity contribution in [1.82, 2.24) is 10.6 Å². The van der Waals surface area contributed by atoms with Crippen LogP contribution in [0.25, 0.3) is 0 Å². The zero-order valence-electron chi connectivity index (χ0n) is 16.5. The summed E-state index contributed by atoms with van der Waals surface area (Å²) in [4.78, 5) is 4.91. The van der Waals surface area contributed by atoms with Crippen LogP contribution < -0.4 is 10.6 Å². The molecule has 1 aliphatic heterocycles. The Morgan fingerprint density at radius 3 is 2.14 bits per heavy atom. The minimum Gasteiger partial charge on any atom is -0.352 e. The predicted octanol–water partition coefficient (Wildman–Crippen LogP) is 5.40. The van der Waals surface area contributed by atoms with E-state index in [4.69, 9.17) is 4.99 Å². The predicted molar refractivity (Wildman–Crippen MR) is 119 cm³/mol. The molecule has 29 heavy (non-hydrogen) atoms. The number of guanidine groups is 1. The summed E-state index contributed by atoms with van der Waals surface area (Å²) < 4.78 is 13.4. The van der Waals surface area contributed by atoms with Crippen molar-refractivity contribution in [2.45, 2.75) is 32.5 Å². The van der Waals surface area contributed by atoms with Crippen molar-refractivity contribution in [1.29, 1.82) is 0 Å². The maximum absolute atomic E-state index is 13.4. The molecule has 0 bridgehead atoms. The van der Waals surface area contributed by atoms with Gasteiger partial charge in [-0.3, -0.25) is 0 Å². The van der Waals surface area contributed by atoms with E-state index in [1.165, 1.54) is 34.4 Å². The van der Waals surface area contributed by atoms with Crippen molar-refractivity contribution in [3.05, 3.63) is 106 Å². The first-order valence-corrected chi connectivity index (χ1v) is 9.54. The summed E-state index contributed by atoms with van der Waals surface area (Å²) in [5.74, 6) is 0.510. The quantitative estimate of drug-likeness (QED) is 0.605. The van der Waals surface area contributed by atoms with Gasteiger partial charge in [-0.2, -0.15) is 0 Å². The Morgan fingerprint density at radius 2 is 1.52 bits per heavy atom. The van der Waals surface area contributed by atoms with Gasteiger partial charge in [0.05, 0.1) is 6.04 Å². The van der Waals surface area contributed by atoms with Gasteiger partial charge >= 0.3 is 0 Å². The Kier molecular flexibility index (Phi) is 6.55. The molecule has 0 aliphatic carbocycles. The number of aliphatic imine (C=N–C) groups is 1. The van der Waals surface area contributed by atoms with Crippen LogP contribution in [0.2, 0.25) is 0 Å². The lowest BCUT2D eigenvalue weighted by Gasteiger charge is -2.20. The lowest BCUT2D eigenvalue weighted by Crippen LogP contribution is -2.35. The summed E-state index contributed by atoms with van der Waals surface area (Å²) >= 11 is 0. The van der Waals surface area contributed by atoms with Gasteiger partial charge in [-0.15, -0.1) is 12.4 Å². The lowest BCUT2D eigenvalue weighted by atomic mass is 9.94. The van der Waals surface area contributed by atoms with E-state index in [2.05, 4.69) is 73.0 Å². The molecule has 2 N–H and O–H groups in total. The molecule has 0 aromatic heterocycles. The van der Waals surface area contributed by atoms with Gasteiger partial charge in [-0.1, -0.05) is 71.8 Å². The molecule has 1 aliphatic rings. The summed E-state index contributed by atoms with van der Waals surface area (Å²) in [6.45, 7) is 4.69. The minimum atomic E-state index is -0.226. The molecule has 0 radical (unpaired) electrons. The second-order valence-electron chi connectivity index (χ2n) is 7.35. The third kappa shape index (κ3) is 4.96. The van der Waals surface area contributed by atoms with Gasteiger partial charge in [0.15, 0.2) is 5.96 Å². The highest BCUT2D eigenvalue weighted by Gasteiger charge is 2.31. The Labute approximate surface area is 177 Å². The van der Waals surface area contributed by atoms with Crippen molar-refractivity contribution in [3.63, 3.8) is 0 Å². The zero-order valence-corrected chi connectivity index (χ0v) is 17.3. The van der Waals surface area contributed by atoms with Gasteiger partial charge in [0.1, 0.15) is 11.9 Å². The highest BCUT2D eigenvalue weighted by molar-refractivity contribution is 5.85. The highest BCUT2D eigenvalue weighted by atomic mass is 35.5. The summed E-state index contributed by atoms with van der Waals surface area (Å²) in [6, 6.07) is 23.7. The molecular formula is C24H25ClFN3. The van der Waals surface area contributed by atoms with Gasteiger partial charge in [0, 0.05) is 6.54 Å². The largest absolute Gasteiger partial charge is 0.352 e. The molecule has 2 atom stereocenters. The standard InChI is InChI=1S/C24H24FN3.ClH/c1-16-6-10-19(11-7-16)22-23(20-12-8-17(2)9-13-20)28-24(27-22)26-15-18-4-3-5-21(25)14-18;/h3-14,22-23H,15H2,1-2H3,(H2,26,27,28);1H. The van der Waals surface area contributed by atoms with E-state index in [1.807, 2.05) is 6.07 Å². The van der Waals surface area contributed by atoms with Crippen LogP contribution >= 0.6 is 12.4 Å². The van der Waals surface area contributed by atoms with Gasteiger partial charge in [0.2, 0.25) is 0 Å². The number of benzene rings is 3. The number of nitrogens with zero attached hydrogens (tertiary/aromatic N) is 1. The fourth-order valence-corrected chi connectivity index (χ4v) is 3.48. The maximum Gasteiger partial charge on any atom is 0.192 e. The second kappa shape index (κ2) is 9.10. The molecule has 4 rings (SSSR count). The van der Waals surface area contributed by atoms with Crippen molar-refractivity contribution < 1.29 is 4.39 Å². The van der Waals surface area contributed by atoms with Crippen LogP contribution in [0.1, 0.15) is 39.9 Å². The zero-order chi connectivity index (χ0) is 19.5. The van der Waals surface area contributed by atoms with E-state index in [1.54, 1.807) is 6.07 Å². The monoisotopic (exact) mass is 409 g/mol. The molecule has 0 spiro atoms. The van der Waals surface area contributed by atoms with Crippen LogP contribution in [-0.4, -0.2) is 5.96 Å². The van der Waals surface area contributed by atoms with Crippen molar-refractivity contribution in [3.8, 4) is 0 Å². The lowest BCUT2D eigenvalue weighted by molar-refractivity contribution is 0.570. The molecule has 3 aromatic rings. The van der Waals surface area contributed by atoms with Crippen LogP contribution in [-0.2, 0) is 6.54 Å². The first kappa shape index (κ1) is 20.9. The number of rotatable bonds is 4. The number of aryl methyl sites for hydroxylation is 2. The SMILES string of the molecule is Cc1ccc(C2N=C(NCc3cccc(F)c3)NC2c2ccc(C)cc2)cc1.Cl. The third-order valence-corrected chi connectivity index (χ3v) is 5.08. The fraction of sp³-hybridized carbons (Fsp3) is 0.208. The van der Waals surface area contributed by atoms with E-state index >= 15 is 0 Å².